The van der Waals surface area contributed by atoms with E-state index in [1.54, 1.807) is 11.8 Å². The second-order valence-corrected chi connectivity index (χ2v) is 6.01. The Morgan fingerprint density at radius 2 is 2.00 bits per heavy atom. The third-order valence-electron chi connectivity index (χ3n) is 3.03. The lowest BCUT2D eigenvalue weighted by molar-refractivity contribution is -0.0168. The number of fused-ring (bicyclic) bond motifs is 1. The van der Waals surface area contributed by atoms with Crippen molar-refractivity contribution in [2.45, 2.75) is 17.3 Å². The number of ether oxygens (including phenoxy) is 2. The number of thioether (sulfide) groups is 1. The highest BCUT2D eigenvalue weighted by Gasteiger charge is 2.16. The van der Waals surface area contributed by atoms with E-state index in [2.05, 4.69) is 0 Å². The molecule has 2 aromatic carbocycles. The fourth-order valence-corrected chi connectivity index (χ4v) is 3.22. The third-order valence-corrected chi connectivity index (χ3v) is 4.31. The minimum absolute atomic E-state index is 0.300. The Balaban J connectivity index is 1.80. The second kappa shape index (κ2) is 5.95. The van der Waals surface area contributed by atoms with Crippen molar-refractivity contribution in [1.29, 1.82) is 0 Å². The van der Waals surface area contributed by atoms with Gasteiger partial charge in [-0.3, -0.25) is 0 Å². The van der Waals surface area contributed by atoms with Gasteiger partial charge in [0.05, 0.1) is 6.61 Å². The maximum absolute atomic E-state index is 6.15. The summed E-state index contributed by atoms with van der Waals surface area (Å²) in [6, 6.07) is 11.7. The van der Waals surface area contributed by atoms with Crippen molar-refractivity contribution in [2.24, 2.45) is 0 Å². The van der Waals surface area contributed by atoms with Crippen LogP contribution in [0.15, 0.2) is 41.3 Å². The van der Waals surface area contributed by atoms with Gasteiger partial charge in [-0.05, 0) is 36.4 Å². The van der Waals surface area contributed by atoms with Crippen molar-refractivity contribution in [1.82, 2.24) is 0 Å². The zero-order valence-electron chi connectivity index (χ0n) is 10.8. The summed E-state index contributed by atoms with van der Waals surface area (Å²) < 4.78 is 10.9. The van der Waals surface area contributed by atoms with Crippen molar-refractivity contribution in [3.05, 3.63) is 52.5 Å². The summed E-state index contributed by atoms with van der Waals surface area (Å²) in [5, 5.41) is 0.714. The van der Waals surface area contributed by atoms with Gasteiger partial charge in [-0.15, -0.1) is 11.8 Å². The lowest BCUT2D eigenvalue weighted by Gasteiger charge is -2.21. The summed E-state index contributed by atoms with van der Waals surface area (Å²) in [6.45, 7) is 0.851. The first kappa shape index (κ1) is 13.6. The number of hydrogen-bond donors (Lipinski definition) is 1. The first-order valence-electron chi connectivity index (χ1n) is 6.22. The van der Waals surface area contributed by atoms with Gasteiger partial charge >= 0.3 is 0 Å². The molecule has 0 radical (unpaired) electrons. The van der Waals surface area contributed by atoms with Crippen LogP contribution in [-0.2, 0) is 17.1 Å². The van der Waals surface area contributed by atoms with E-state index in [1.807, 2.05) is 36.4 Å². The van der Waals surface area contributed by atoms with Crippen molar-refractivity contribution in [2.75, 3.05) is 12.5 Å². The molecule has 3 nitrogen and oxygen atoms in total. The molecule has 20 heavy (non-hydrogen) atoms. The van der Waals surface area contributed by atoms with E-state index in [1.165, 1.54) is 4.90 Å². The van der Waals surface area contributed by atoms with Gasteiger partial charge in [0.25, 0.3) is 0 Å². The molecule has 2 aromatic rings. The third kappa shape index (κ3) is 3.03. The van der Waals surface area contributed by atoms with Gasteiger partial charge in [0, 0.05) is 32.5 Å². The number of rotatable bonds is 3. The molecule has 0 aromatic heterocycles. The van der Waals surface area contributed by atoms with Crippen LogP contribution in [-0.4, -0.2) is 6.79 Å². The Kier molecular flexibility index (Phi) is 4.05. The Morgan fingerprint density at radius 1 is 1.20 bits per heavy atom. The van der Waals surface area contributed by atoms with Gasteiger partial charge in [0.2, 0.25) is 0 Å². The summed E-state index contributed by atoms with van der Waals surface area (Å²) in [5.74, 6) is 1.70. The highest BCUT2D eigenvalue weighted by atomic mass is 35.5. The maximum Gasteiger partial charge on any atom is 0.189 e. The molecule has 3 rings (SSSR count). The van der Waals surface area contributed by atoms with E-state index in [4.69, 9.17) is 26.8 Å². The number of nitrogens with two attached hydrogens (primary N) is 1. The van der Waals surface area contributed by atoms with Gasteiger partial charge in [0.1, 0.15) is 5.75 Å². The number of halogens is 1. The molecule has 0 bridgehead atoms. The normalized spacial score (nSPS) is 13.7. The quantitative estimate of drug-likeness (QED) is 0.685. The van der Waals surface area contributed by atoms with Crippen LogP contribution >= 0.6 is 23.4 Å². The molecule has 0 unspecified atom stereocenters. The topological polar surface area (TPSA) is 44.5 Å². The molecular formula is C15H14ClNO2S. The van der Waals surface area contributed by atoms with E-state index >= 15 is 0 Å². The van der Waals surface area contributed by atoms with Crippen molar-refractivity contribution in [3.8, 4) is 5.75 Å². The summed E-state index contributed by atoms with van der Waals surface area (Å²) in [6.07, 6.45) is 0. The lowest BCUT2D eigenvalue weighted by atomic mass is 10.1. The smallest absolute Gasteiger partial charge is 0.189 e. The predicted molar refractivity (Wildman–Crippen MR) is 82.2 cm³/mol. The molecule has 2 N–H and O–H groups in total. The first-order valence-corrected chi connectivity index (χ1v) is 7.59. The van der Waals surface area contributed by atoms with E-state index < -0.39 is 0 Å². The number of benzene rings is 2. The Bertz CT molecular complexity index is 616. The van der Waals surface area contributed by atoms with Crippen molar-refractivity contribution < 1.29 is 9.47 Å². The minimum atomic E-state index is 0.300. The summed E-state index contributed by atoms with van der Waals surface area (Å²) in [4.78, 5) is 1.17. The summed E-state index contributed by atoms with van der Waals surface area (Å²) in [7, 11) is 0. The lowest BCUT2D eigenvalue weighted by Crippen LogP contribution is -2.12. The van der Waals surface area contributed by atoms with E-state index in [0.717, 1.165) is 28.3 Å². The van der Waals surface area contributed by atoms with E-state index in [0.29, 0.717) is 18.4 Å². The van der Waals surface area contributed by atoms with Crippen molar-refractivity contribution in [3.63, 3.8) is 0 Å². The zero-order chi connectivity index (χ0) is 13.9. The number of anilines is 1. The van der Waals surface area contributed by atoms with E-state index in [9.17, 15) is 0 Å². The second-order valence-electron chi connectivity index (χ2n) is 4.52. The largest absolute Gasteiger partial charge is 0.467 e. The van der Waals surface area contributed by atoms with Crippen LogP contribution < -0.4 is 10.5 Å². The molecule has 0 aliphatic carbocycles. The van der Waals surface area contributed by atoms with Crippen LogP contribution in [0.1, 0.15) is 11.1 Å². The van der Waals surface area contributed by atoms with Crippen molar-refractivity contribution >= 4 is 29.1 Å². The van der Waals surface area contributed by atoms with Crippen LogP contribution in [0.3, 0.4) is 0 Å². The van der Waals surface area contributed by atoms with Gasteiger partial charge < -0.3 is 15.2 Å². The van der Waals surface area contributed by atoms with Gasteiger partial charge in [0.15, 0.2) is 6.79 Å². The Labute approximate surface area is 127 Å². The molecule has 0 spiro atoms. The fourth-order valence-electron chi connectivity index (χ4n) is 2.09. The standard InChI is InChI=1S/C15H14ClNO2S/c16-12-5-10-7-18-9-19-15(10)11(6-12)8-20-14-3-1-13(17)2-4-14/h1-6H,7-9,17H2. The van der Waals surface area contributed by atoms with Crippen LogP contribution in [0.5, 0.6) is 5.75 Å². The fraction of sp³-hybridized carbons (Fsp3) is 0.200. The van der Waals surface area contributed by atoms with Crippen LogP contribution in [0.4, 0.5) is 5.69 Å². The van der Waals surface area contributed by atoms with Crippen LogP contribution in [0.25, 0.3) is 0 Å². The molecular weight excluding hydrogens is 294 g/mol. The molecule has 0 atom stereocenters. The molecule has 0 saturated carbocycles. The number of hydrogen-bond acceptors (Lipinski definition) is 4. The molecule has 0 fully saturated rings. The molecule has 0 saturated heterocycles. The summed E-state index contributed by atoms with van der Waals surface area (Å²) in [5.41, 5.74) is 8.56. The molecule has 104 valence electrons. The monoisotopic (exact) mass is 307 g/mol. The molecule has 1 aliphatic heterocycles. The average Bonchev–Trinajstić information content (AvgIpc) is 2.46. The first-order chi connectivity index (χ1) is 9.72. The highest BCUT2D eigenvalue weighted by Crippen LogP contribution is 2.35. The molecule has 0 amide bonds. The SMILES string of the molecule is Nc1ccc(SCc2cc(Cl)cc3c2OCOC3)cc1. The predicted octanol–water partition coefficient (Wildman–Crippen LogP) is 4.08. The van der Waals surface area contributed by atoms with Crippen LogP contribution in [0, 0.1) is 0 Å². The van der Waals surface area contributed by atoms with Gasteiger partial charge in [-0.25, -0.2) is 0 Å². The van der Waals surface area contributed by atoms with Gasteiger partial charge in [-0.2, -0.15) is 0 Å². The maximum atomic E-state index is 6.15. The number of nitrogen functional groups attached to an aromatic ring is 1. The average molecular weight is 308 g/mol. The Morgan fingerprint density at radius 3 is 2.80 bits per heavy atom. The Hall–Kier alpha value is -1.36. The van der Waals surface area contributed by atoms with Crippen LogP contribution in [0.2, 0.25) is 5.02 Å². The molecule has 1 heterocycles. The highest BCUT2D eigenvalue weighted by molar-refractivity contribution is 7.98. The summed E-state index contributed by atoms with van der Waals surface area (Å²) >= 11 is 7.88. The van der Waals surface area contributed by atoms with E-state index in [-0.39, 0.29) is 0 Å². The van der Waals surface area contributed by atoms with Gasteiger partial charge in [-0.1, -0.05) is 11.6 Å². The molecule has 1 aliphatic rings. The zero-order valence-corrected chi connectivity index (χ0v) is 12.3. The minimum Gasteiger partial charge on any atom is -0.467 e. The molecule has 5 heteroatoms.